The van der Waals surface area contributed by atoms with Crippen LogP contribution in [-0.4, -0.2) is 27.4 Å². The predicted molar refractivity (Wildman–Crippen MR) is 59.4 cm³/mol. The molecule has 4 nitrogen and oxygen atoms in total. The summed E-state index contributed by atoms with van der Waals surface area (Å²) in [6.07, 6.45) is 8.79. The maximum absolute atomic E-state index is 4.08. The van der Waals surface area contributed by atoms with Gasteiger partial charge in [0.05, 0.1) is 6.54 Å². The monoisotopic (exact) mass is 208 g/mol. The fraction of sp³-hybridized carbons (Fsp3) is 0.818. The molecule has 0 spiro atoms. The predicted octanol–water partition coefficient (Wildman–Crippen LogP) is 1.45. The molecule has 1 aromatic rings. The Morgan fingerprint density at radius 1 is 1.47 bits per heavy atom. The Morgan fingerprint density at radius 3 is 3.07 bits per heavy atom. The average molecular weight is 208 g/mol. The van der Waals surface area contributed by atoms with Crippen molar-refractivity contribution in [1.82, 2.24) is 20.1 Å². The minimum absolute atomic E-state index is 0.735. The lowest BCUT2D eigenvalue weighted by Gasteiger charge is -2.12. The van der Waals surface area contributed by atoms with E-state index in [-0.39, 0.29) is 0 Å². The van der Waals surface area contributed by atoms with E-state index in [1.807, 2.05) is 4.68 Å². The fourth-order valence-electron chi connectivity index (χ4n) is 2.36. The molecule has 1 saturated carbocycles. The topological polar surface area (TPSA) is 42.7 Å². The minimum Gasteiger partial charge on any atom is -0.312 e. The SMILES string of the molecule is CCC1CCC(NCCn2cncn2)C1. The summed E-state index contributed by atoms with van der Waals surface area (Å²) in [4.78, 5) is 3.92. The van der Waals surface area contributed by atoms with Gasteiger partial charge in [-0.1, -0.05) is 13.3 Å². The Morgan fingerprint density at radius 2 is 2.40 bits per heavy atom. The summed E-state index contributed by atoms with van der Waals surface area (Å²) < 4.78 is 1.87. The molecule has 0 bridgehead atoms. The molecule has 2 rings (SSSR count). The quantitative estimate of drug-likeness (QED) is 0.796. The van der Waals surface area contributed by atoms with E-state index in [2.05, 4.69) is 22.3 Å². The number of aromatic nitrogens is 3. The van der Waals surface area contributed by atoms with E-state index in [1.54, 1.807) is 12.7 Å². The molecule has 4 heteroatoms. The smallest absolute Gasteiger partial charge is 0.137 e. The fourth-order valence-corrected chi connectivity index (χ4v) is 2.36. The maximum atomic E-state index is 4.08. The number of rotatable bonds is 5. The first-order valence-electron chi connectivity index (χ1n) is 5.94. The van der Waals surface area contributed by atoms with Gasteiger partial charge in [0.15, 0.2) is 0 Å². The van der Waals surface area contributed by atoms with E-state index < -0.39 is 0 Å². The zero-order valence-electron chi connectivity index (χ0n) is 9.39. The van der Waals surface area contributed by atoms with Gasteiger partial charge >= 0.3 is 0 Å². The van der Waals surface area contributed by atoms with Crippen molar-refractivity contribution in [3.05, 3.63) is 12.7 Å². The van der Waals surface area contributed by atoms with Crippen LogP contribution in [0.3, 0.4) is 0 Å². The van der Waals surface area contributed by atoms with Gasteiger partial charge in [-0.25, -0.2) is 4.98 Å². The van der Waals surface area contributed by atoms with Crippen molar-refractivity contribution < 1.29 is 0 Å². The van der Waals surface area contributed by atoms with Crippen LogP contribution in [0.5, 0.6) is 0 Å². The summed E-state index contributed by atoms with van der Waals surface area (Å²) in [5.41, 5.74) is 0. The number of hydrogen-bond donors (Lipinski definition) is 1. The summed E-state index contributed by atoms with van der Waals surface area (Å²) in [5, 5.41) is 7.67. The highest BCUT2D eigenvalue weighted by atomic mass is 15.3. The highest BCUT2D eigenvalue weighted by Crippen LogP contribution is 2.27. The first kappa shape index (κ1) is 10.6. The van der Waals surface area contributed by atoms with Crippen molar-refractivity contribution in [2.24, 2.45) is 5.92 Å². The molecule has 1 aromatic heterocycles. The molecule has 0 saturated heterocycles. The van der Waals surface area contributed by atoms with E-state index in [9.17, 15) is 0 Å². The third-order valence-electron chi connectivity index (χ3n) is 3.36. The Bertz CT molecular complexity index is 270. The van der Waals surface area contributed by atoms with Gasteiger partial charge in [-0.3, -0.25) is 4.68 Å². The van der Waals surface area contributed by atoms with Gasteiger partial charge in [0, 0.05) is 12.6 Å². The van der Waals surface area contributed by atoms with Crippen molar-refractivity contribution in [2.45, 2.75) is 45.2 Å². The summed E-state index contributed by atoms with van der Waals surface area (Å²) in [6.45, 7) is 4.22. The van der Waals surface area contributed by atoms with Crippen LogP contribution in [0.15, 0.2) is 12.7 Å². The molecule has 2 unspecified atom stereocenters. The second-order valence-corrected chi connectivity index (χ2v) is 4.40. The molecule has 0 aliphatic heterocycles. The van der Waals surface area contributed by atoms with Gasteiger partial charge in [-0.05, 0) is 25.2 Å². The molecule has 1 aliphatic carbocycles. The lowest BCUT2D eigenvalue weighted by atomic mass is 10.1. The first-order valence-corrected chi connectivity index (χ1v) is 5.94. The van der Waals surface area contributed by atoms with Crippen molar-refractivity contribution in [2.75, 3.05) is 6.54 Å². The van der Waals surface area contributed by atoms with E-state index >= 15 is 0 Å². The van der Waals surface area contributed by atoms with Crippen molar-refractivity contribution >= 4 is 0 Å². The van der Waals surface area contributed by atoms with Crippen LogP contribution in [0.25, 0.3) is 0 Å². The van der Waals surface area contributed by atoms with Gasteiger partial charge in [-0.15, -0.1) is 0 Å². The molecule has 0 amide bonds. The average Bonchev–Trinajstić information content (AvgIpc) is 2.88. The maximum Gasteiger partial charge on any atom is 0.137 e. The van der Waals surface area contributed by atoms with E-state index in [0.29, 0.717) is 0 Å². The summed E-state index contributed by atoms with van der Waals surface area (Å²) >= 11 is 0. The van der Waals surface area contributed by atoms with Crippen molar-refractivity contribution in [3.8, 4) is 0 Å². The molecular weight excluding hydrogens is 188 g/mol. The Hall–Kier alpha value is -0.900. The number of nitrogens with one attached hydrogen (secondary N) is 1. The molecule has 1 aliphatic rings. The third-order valence-corrected chi connectivity index (χ3v) is 3.36. The van der Waals surface area contributed by atoms with Gasteiger partial charge in [-0.2, -0.15) is 5.10 Å². The summed E-state index contributed by atoms with van der Waals surface area (Å²) in [5.74, 6) is 0.953. The van der Waals surface area contributed by atoms with Gasteiger partial charge < -0.3 is 5.32 Å². The summed E-state index contributed by atoms with van der Waals surface area (Å²) in [7, 11) is 0. The number of nitrogens with zero attached hydrogens (tertiary/aromatic N) is 3. The normalized spacial score (nSPS) is 25.9. The summed E-state index contributed by atoms with van der Waals surface area (Å²) in [6, 6.07) is 0.735. The van der Waals surface area contributed by atoms with E-state index in [0.717, 1.165) is 25.0 Å². The van der Waals surface area contributed by atoms with Crippen molar-refractivity contribution in [1.29, 1.82) is 0 Å². The zero-order valence-corrected chi connectivity index (χ0v) is 9.39. The van der Waals surface area contributed by atoms with Gasteiger partial charge in [0.1, 0.15) is 12.7 Å². The minimum atomic E-state index is 0.735. The molecule has 1 heterocycles. The number of hydrogen-bond acceptors (Lipinski definition) is 3. The van der Waals surface area contributed by atoms with Crippen LogP contribution in [0.2, 0.25) is 0 Å². The lowest BCUT2D eigenvalue weighted by Crippen LogP contribution is -2.29. The zero-order chi connectivity index (χ0) is 10.5. The lowest BCUT2D eigenvalue weighted by molar-refractivity contribution is 0.455. The molecule has 1 N–H and O–H groups in total. The van der Waals surface area contributed by atoms with Crippen LogP contribution < -0.4 is 5.32 Å². The third kappa shape index (κ3) is 3.02. The first-order chi connectivity index (χ1) is 7.38. The van der Waals surface area contributed by atoms with E-state index in [4.69, 9.17) is 0 Å². The molecule has 0 radical (unpaired) electrons. The Balaban J connectivity index is 1.63. The van der Waals surface area contributed by atoms with Gasteiger partial charge in [0.25, 0.3) is 0 Å². The standard InChI is InChI=1S/C11H20N4/c1-2-10-3-4-11(7-10)13-5-6-15-9-12-8-14-15/h8-11,13H,2-7H2,1H3. The van der Waals surface area contributed by atoms with Gasteiger partial charge in [0.2, 0.25) is 0 Å². The van der Waals surface area contributed by atoms with Crippen LogP contribution in [-0.2, 0) is 6.54 Å². The van der Waals surface area contributed by atoms with Crippen molar-refractivity contribution in [3.63, 3.8) is 0 Å². The molecular formula is C11H20N4. The van der Waals surface area contributed by atoms with Crippen LogP contribution >= 0.6 is 0 Å². The second-order valence-electron chi connectivity index (χ2n) is 4.40. The van der Waals surface area contributed by atoms with E-state index in [1.165, 1.54) is 25.7 Å². The van der Waals surface area contributed by atoms with Crippen LogP contribution in [0.1, 0.15) is 32.6 Å². The van der Waals surface area contributed by atoms with Crippen LogP contribution in [0.4, 0.5) is 0 Å². The molecule has 84 valence electrons. The highest BCUT2D eigenvalue weighted by molar-refractivity contribution is 4.79. The highest BCUT2D eigenvalue weighted by Gasteiger charge is 2.22. The molecule has 15 heavy (non-hydrogen) atoms. The molecule has 2 atom stereocenters. The largest absolute Gasteiger partial charge is 0.312 e. The Labute approximate surface area is 91.1 Å². The Kier molecular flexibility index (Phi) is 3.72. The second kappa shape index (κ2) is 5.26. The molecule has 1 fully saturated rings. The molecule has 0 aromatic carbocycles. The van der Waals surface area contributed by atoms with Crippen LogP contribution in [0, 0.1) is 5.92 Å².